The van der Waals surface area contributed by atoms with Gasteiger partial charge in [0.05, 0.1) is 23.5 Å². The van der Waals surface area contributed by atoms with Crippen molar-refractivity contribution < 1.29 is 14.8 Å². The summed E-state index contributed by atoms with van der Waals surface area (Å²) >= 11 is 1.59. The van der Waals surface area contributed by atoms with Crippen LogP contribution in [0.3, 0.4) is 0 Å². The van der Waals surface area contributed by atoms with E-state index in [-0.39, 0.29) is 0 Å². The number of methoxy groups -OCH3 is 1. The molecule has 0 bridgehead atoms. The molecule has 0 aliphatic rings. The van der Waals surface area contributed by atoms with Gasteiger partial charge in [0, 0.05) is 12.0 Å². The minimum atomic E-state index is -1.59. The van der Waals surface area contributed by atoms with Gasteiger partial charge >= 0.3 is 7.12 Å². The normalized spacial score (nSPS) is 11.5. The van der Waals surface area contributed by atoms with Crippen molar-refractivity contribution >= 4 is 46.2 Å². The minimum absolute atomic E-state index is 0.311. The maximum Gasteiger partial charge on any atom is 0.492 e. The second-order valence-corrected chi connectivity index (χ2v) is 7.74. The molecule has 0 saturated heterocycles. The van der Waals surface area contributed by atoms with Gasteiger partial charge in [-0.15, -0.1) is 11.3 Å². The van der Waals surface area contributed by atoms with Crippen molar-refractivity contribution in [1.29, 1.82) is 0 Å². The number of hydrogen-bond acceptors (Lipinski definition) is 8. The summed E-state index contributed by atoms with van der Waals surface area (Å²) in [7, 11) is -0.0980. The van der Waals surface area contributed by atoms with E-state index in [2.05, 4.69) is 28.9 Å². The molecule has 146 valence electrons. The second kappa shape index (κ2) is 8.68. The van der Waals surface area contributed by atoms with E-state index in [4.69, 9.17) is 4.74 Å². The summed E-state index contributed by atoms with van der Waals surface area (Å²) in [6, 6.07) is 7.08. The summed E-state index contributed by atoms with van der Waals surface area (Å²) in [5.41, 5.74) is 2.01. The molecule has 0 atom stereocenters. The topological polar surface area (TPSA) is 91.1 Å². The van der Waals surface area contributed by atoms with E-state index >= 15 is 0 Å². The van der Waals surface area contributed by atoms with Crippen LogP contribution in [0.2, 0.25) is 0 Å². The van der Waals surface area contributed by atoms with E-state index in [1.54, 1.807) is 35.8 Å². The summed E-state index contributed by atoms with van der Waals surface area (Å²) in [6.07, 6.45) is 1.72. The number of fused-ring (bicyclic) bond motifs is 1. The van der Waals surface area contributed by atoms with Crippen molar-refractivity contribution in [3.05, 3.63) is 41.0 Å². The molecule has 0 aliphatic carbocycles. The van der Waals surface area contributed by atoms with Crippen LogP contribution >= 0.6 is 11.3 Å². The van der Waals surface area contributed by atoms with Gasteiger partial charge in [-0.2, -0.15) is 5.10 Å². The number of thiophene rings is 1. The highest BCUT2D eigenvalue weighted by Crippen LogP contribution is 2.29. The zero-order valence-corrected chi connectivity index (χ0v) is 17.1. The number of hydrazone groups is 1. The van der Waals surface area contributed by atoms with Gasteiger partial charge in [-0.1, -0.05) is 26.0 Å². The van der Waals surface area contributed by atoms with E-state index < -0.39 is 7.12 Å². The third-order valence-corrected chi connectivity index (χ3v) is 4.96. The molecule has 28 heavy (non-hydrogen) atoms. The lowest BCUT2D eigenvalue weighted by atomic mass is 9.79. The van der Waals surface area contributed by atoms with E-state index in [0.717, 1.165) is 21.6 Å². The number of aryl methyl sites for hydroxylation is 1. The number of ether oxygens (including phenoxy) is 1. The van der Waals surface area contributed by atoms with Crippen LogP contribution < -0.4 is 15.2 Å². The molecule has 0 radical (unpaired) electrons. The molecule has 0 spiro atoms. The zero-order chi connectivity index (χ0) is 20.3. The maximum atomic E-state index is 9.42. The molecule has 0 unspecified atom stereocenters. The Morgan fingerprint density at radius 2 is 2.07 bits per heavy atom. The van der Waals surface area contributed by atoms with Crippen molar-refractivity contribution in [1.82, 2.24) is 9.97 Å². The van der Waals surface area contributed by atoms with E-state index in [0.29, 0.717) is 29.5 Å². The Balaban J connectivity index is 1.98. The third-order valence-electron chi connectivity index (χ3n) is 4.06. The Morgan fingerprint density at radius 3 is 2.75 bits per heavy atom. The molecule has 2 aromatic heterocycles. The van der Waals surface area contributed by atoms with Crippen molar-refractivity contribution in [2.24, 2.45) is 11.0 Å². The fourth-order valence-corrected chi connectivity index (χ4v) is 3.65. The number of hydrogen-bond donors (Lipinski definition) is 2. The van der Waals surface area contributed by atoms with Crippen molar-refractivity contribution in [3.8, 4) is 5.75 Å². The Kier molecular flexibility index (Phi) is 6.28. The first-order valence-electron chi connectivity index (χ1n) is 8.96. The number of rotatable bonds is 7. The van der Waals surface area contributed by atoms with Gasteiger partial charge in [-0.3, -0.25) is 0 Å². The van der Waals surface area contributed by atoms with Gasteiger partial charge < -0.3 is 14.8 Å². The third kappa shape index (κ3) is 4.49. The summed E-state index contributed by atoms with van der Waals surface area (Å²) in [5.74, 6) is 2.27. The average molecular weight is 398 g/mol. The summed E-state index contributed by atoms with van der Waals surface area (Å²) in [4.78, 5) is 9.11. The van der Waals surface area contributed by atoms with Crippen molar-refractivity contribution in [2.45, 2.75) is 20.8 Å². The minimum Gasteiger partial charge on any atom is -0.497 e. The molecular weight excluding hydrogens is 375 g/mol. The SMILES string of the molecule is COc1cc(/C=N/N(CC(C)C)c2nc(C)nc3ccsc23)ccc1B(O)O. The quantitative estimate of drug-likeness (QED) is 0.360. The molecular formula is C19H23BN4O3S. The Bertz CT molecular complexity index is 990. The fraction of sp³-hybridized carbons (Fsp3) is 0.316. The van der Waals surface area contributed by atoms with E-state index in [1.807, 2.05) is 23.4 Å². The Labute approximate surface area is 168 Å². The molecule has 3 rings (SSSR count). The fourth-order valence-electron chi connectivity index (χ4n) is 2.83. The first-order chi connectivity index (χ1) is 13.4. The highest BCUT2D eigenvalue weighted by molar-refractivity contribution is 7.17. The second-order valence-electron chi connectivity index (χ2n) is 6.82. The smallest absolute Gasteiger partial charge is 0.492 e. The van der Waals surface area contributed by atoms with Crippen LogP contribution in [-0.2, 0) is 0 Å². The number of aromatic nitrogens is 2. The molecule has 0 fully saturated rings. The Hall–Kier alpha value is -2.49. The van der Waals surface area contributed by atoms with Gasteiger partial charge in [0.15, 0.2) is 5.82 Å². The summed E-state index contributed by atoms with van der Waals surface area (Å²) < 4.78 is 6.25. The lowest BCUT2D eigenvalue weighted by Gasteiger charge is -2.21. The highest BCUT2D eigenvalue weighted by atomic mass is 32.1. The predicted molar refractivity (Wildman–Crippen MR) is 115 cm³/mol. The molecule has 0 amide bonds. The van der Waals surface area contributed by atoms with Gasteiger partial charge in [-0.05, 0) is 35.9 Å². The van der Waals surface area contributed by atoms with E-state index in [1.165, 1.54) is 7.11 Å². The zero-order valence-electron chi connectivity index (χ0n) is 16.3. The van der Waals surface area contributed by atoms with Gasteiger partial charge in [0.2, 0.25) is 0 Å². The maximum absolute atomic E-state index is 9.42. The first-order valence-corrected chi connectivity index (χ1v) is 9.84. The molecule has 2 N–H and O–H groups in total. The lowest BCUT2D eigenvalue weighted by molar-refractivity contribution is 0.403. The molecule has 1 aromatic carbocycles. The molecule has 7 nitrogen and oxygen atoms in total. The lowest BCUT2D eigenvalue weighted by Crippen LogP contribution is -2.31. The van der Waals surface area contributed by atoms with Crippen LogP contribution in [0.5, 0.6) is 5.75 Å². The molecule has 2 heterocycles. The number of benzene rings is 1. The monoisotopic (exact) mass is 398 g/mol. The average Bonchev–Trinajstić information content (AvgIpc) is 3.12. The van der Waals surface area contributed by atoms with Crippen LogP contribution in [0.4, 0.5) is 5.82 Å². The molecule has 9 heteroatoms. The van der Waals surface area contributed by atoms with Crippen LogP contribution in [0.25, 0.3) is 10.2 Å². The van der Waals surface area contributed by atoms with Crippen molar-refractivity contribution in [3.63, 3.8) is 0 Å². The number of nitrogens with zero attached hydrogens (tertiary/aromatic N) is 4. The summed E-state index contributed by atoms with van der Waals surface area (Å²) in [5, 5.41) is 27.4. The summed E-state index contributed by atoms with van der Waals surface area (Å²) in [6.45, 7) is 6.83. The van der Waals surface area contributed by atoms with Crippen LogP contribution in [0.15, 0.2) is 34.7 Å². The van der Waals surface area contributed by atoms with Gasteiger partial charge in [-0.25, -0.2) is 15.0 Å². The first kappa shape index (κ1) is 20.3. The van der Waals surface area contributed by atoms with Crippen LogP contribution in [0, 0.1) is 12.8 Å². The van der Waals surface area contributed by atoms with Crippen LogP contribution in [-0.4, -0.2) is 47.0 Å². The van der Waals surface area contributed by atoms with E-state index in [9.17, 15) is 10.0 Å². The number of anilines is 1. The predicted octanol–water partition coefficient (Wildman–Crippen LogP) is 2.18. The van der Waals surface area contributed by atoms with Crippen molar-refractivity contribution in [2.75, 3.05) is 18.7 Å². The standard InChI is InChI=1S/C19H23BN4O3S/c1-12(2)11-24(19-18-16(7-8-28-18)22-13(3)23-19)21-10-14-5-6-15(20(25)26)17(9-14)27-4/h5-10,12,25-26H,11H2,1-4H3/b21-10+. The van der Waals surface area contributed by atoms with Gasteiger partial charge in [0.25, 0.3) is 0 Å². The van der Waals surface area contributed by atoms with Crippen LogP contribution in [0.1, 0.15) is 25.2 Å². The molecule has 0 aliphatic heterocycles. The van der Waals surface area contributed by atoms with Gasteiger partial charge in [0.1, 0.15) is 11.6 Å². The molecule has 3 aromatic rings. The Morgan fingerprint density at radius 1 is 1.29 bits per heavy atom. The highest BCUT2D eigenvalue weighted by Gasteiger charge is 2.18. The largest absolute Gasteiger partial charge is 0.497 e. The molecule has 0 saturated carbocycles.